The number of anilines is 1. The largest absolute Gasteiger partial charge is 0.465 e. The van der Waals surface area contributed by atoms with E-state index in [-0.39, 0.29) is 6.04 Å². The van der Waals surface area contributed by atoms with Gasteiger partial charge in [0.15, 0.2) is 0 Å². The van der Waals surface area contributed by atoms with Gasteiger partial charge in [0.1, 0.15) is 17.2 Å². The van der Waals surface area contributed by atoms with Crippen LogP contribution in [0.15, 0.2) is 30.7 Å². The Morgan fingerprint density at radius 3 is 2.94 bits per heavy atom. The molecule has 94 valence electrons. The van der Waals surface area contributed by atoms with Crippen LogP contribution in [0.1, 0.15) is 29.1 Å². The van der Waals surface area contributed by atoms with Crippen molar-refractivity contribution in [2.45, 2.75) is 13.0 Å². The minimum atomic E-state index is -0.419. The van der Waals surface area contributed by atoms with Crippen LogP contribution in [0, 0.1) is 0 Å². The van der Waals surface area contributed by atoms with E-state index in [2.05, 4.69) is 20.3 Å². The molecule has 1 atom stereocenters. The molecule has 2 aromatic rings. The lowest BCUT2D eigenvalue weighted by molar-refractivity contribution is 0.0601. The van der Waals surface area contributed by atoms with Crippen LogP contribution in [0.2, 0.25) is 0 Å². The molecular weight excluding hydrogens is 232 g/mol. The summed E-state index contributed by atoms with van der Waals surface area (Å²) in [6.07, 6.45) is 5.03. The Bertz CT molecular complexity index is 525. The summed E-state index contributed by atoms with van der Waals surface area (Å²) in [5, 5.41) is 3.12. The fraction of sp³-hybridized carbons (Fsp3) is 0.250. The molecule has 2 N–H and O–H groups in total. The monoisotopic (exact) mass is 246 g/mol. The molecule has 2 aromatic heterocycles. The number of H-pyrrole nitrogens is 1. The molecule has 2 heterocycles. The predicted molar refractivity (Wildman–Crippen MR) is 66.2 cm³/mol. The first-order valence-corrected chi connectivity index (χ1v) is 5.51. The smallest absolute Gasteiger partial charge is 0.341 e. The minimum absolute atomic E-state index is 0.0849. The average Bonchev–Trinajstić information content (AvgIpc) is 2.92. The van der Waals surface area contributed by atoms with Gasteiger partial charge < -0.3 is 15.0 Å². The van der Waals surface area contributed by atoms with Crippen LogP contribution in [0.5, 0.6) is 0 Å². The van der Waals surface area contributed by atoms with Crippen LogP contribution in [-0.4, -0.2) is 28.0 Å². The van der Waals surface area contributed by atoms with Gasteiger partial charge in [0.05, 0.1) is 13.2 Å². The van der Waals surface area contributed by atoms with Crippen molar-refractivity contribution in [2.75, 3.05) is 12.4 Å². The van der Waals surface area contributed by atoms with Gasteiger partial charge in [-0.15, -0.1) is 0 Å². The Labute approximate surface area is 104 Å². The number of imidazole rings is 1. The highest BCUT2D eigenvalue weighted by Gasteiger charge is 2.15. The summed E-state index contributed by atoms with van der Waals surface area (Å²) in [6, 6.07) is 3.27. The van der Waals surface area contributed by atoms with Crippen LogP contribution in [-0.2, 0) is 4.74 Å². The Hall–Kier alpha value is -2.37. The second-order valence-electron chi connectivity index (χ2n) is 3.73. The van der Waals surface area contributed by atoms with E-state index >= 15 is 0 Å². The van der Waals surface area contributed by atoms with E-state index in [1.165, 1.54) is 7.11 Å². The third-order valence-electron chi connectivity index (χ3n) is 2.50. The van der Waals surface area contributed by atoms with Crippen molar-refractivity contribution < 1.29 is 9.53 Å². The van der Waals surface area contributed by atoms with Crippen molar-refractivity contribution in [2.24, 2.45) is 0 Å². The maximum Gasteiger partial charge on any atom is 0.341 e. The summed E-state index contributed by atoms with van der Waals surface area (Å²) in [4.78, 5) is 22.9. The van der Waals surface area contributed by atoms with Crippen LogP contribution < -0.4 is 5.32 Å². The normalized spacial score (nSPS) is 11.9. The zero-order chi connectivity index (χ0) is 13.0. The number of aromatic nitrogens is 3. The highest BCUT2D eigenvalue weighted by atomic mass is 16.5. The minimum Gasteiger partial charge on any atom is -0.465 e. The van der Waals surface area contributed by atoms with Gasteiger partial charge in [0.2, 0.25) is 0 Å². The van der Waals surface area contributed by atoms with Gasteiger partial charge in [0.25, 0.3) is 0 Å². The lowest BCUT2D eigenvalue weighted by Gasteiger charge is -2.14. The summed E-state index contributed by atoms with van der Waals surface area (Å²) >= 11 is 0. The van der Waals surface area contributed by atoms with Crippen molar-refractivity contribution in [3.05, 3.63) is 42.1 Å². The molecule has 0 radical (unpaired) electrons. The number of nitrogens with zero attached hydrogens (tertiary/aromatic N) is 2. The summed E-state index contributed by atoms with van der Waals surface area (Å²) < 4.78 is 4.71. The van der Waals surface area contributed by atoms with Gasteiger partial charge >= 0.3 is 5.97 Å². The number of carbonyl (C=O) groups is 1. The molecule has 0 saturated heterocycles. The Kier molecular flexibility index (Phi) is 3.57. The zero-order valence-corrected chi connectivity index (χ0v) is 10.2. The Balaban J connectivity index is 2.21. The van der Waals surface area contributed by atoms with E-state index in [0.717, 1.165) is 5.82 Å². The van der Waals surface area contributed by atoms with E-state index in [4.69, 9.17) is 4.74 Å². The third-order valence-corrected chi connectivity index (χ3v) is 2.50. The first-order valence-electron chi connectivity index (χ1n) is 5.51. The molecule has 0 spiro atoms. The number of ether oxygens (including phenoxy) is 1. The van der Waals surface area contributed by atoms with Gasteiger partial charge in [-0.2, -0.15) is 0 Å². The van der Waals surface area contributed by atoms with Gasteiger partial charge in [-0.1, -0.05) is 0 Å². The van der Waals surface area contributed by atoms with E-state index in [0.29, 0.717) is 11.4 Å². The standard InChI is InChI=1S/C12H14N4O2/c1-8(10-14-6-7-15-10)16-11-9(12(17)18-2)4-3-5-13-11/h3-8H,1-2H3,(H,13,16)(H,14,15). The SMILES string of the molecule is COC(=O)c1cccnc1NC(C)c1ncc[nH]1. The van der Waals surface area contributed by atoms with Crippen LogP contribution >= 0.6 is 0 Å². The number of hydrogen-bond donors (Lipinski definition) is 2. The zero-order valence-electron chi connectivity index (χ0n) is 10.2. The maximum absolute atomic E-state index is 11.6. The quantitative estimate of drug-likeness (QED) is 0.803. The Morgan fingerprint density at radius 2 is 2.28 bits per heavy atom. The molecule has 18 heavy (non-hydrogen) atoms. The van der Waals surface area contributed by atoms with Gasteiger partial charge in [-0.25, -0.2) is 14.8 Å². The lowest BCUT2D eigenvalue weighted by Crippen LogP contribution is -2.14. The van der Waals surface area contributed by atoms with Crippen molar-refractivity contribution in [3.63, 3.8) is 0 Å². The van der Waals surface area contributed by atoms with Crippen molar-refractivity contribution >= 4 is 11.8 Å². The second-order valence-corrected chi connectivity index (χ2v) is 3.73. The number of carbonyl (C=O) groups excluding carboxylic acids is 1. The van der Waals surface area contributed by atoms with Gasteiger partial charge in [0, 0.05) is 18.6 Å². The van der Waals surface area contributed by atoms with Crippen LogP contribution in [0.4, 0.5) is 5.82 Å². The van der Waals surface area contributed by atoms with Crippen molar-refractivity contribution in [3.8, 4) is 0 Å². The molecule has 0 aliphatic rings. The highest BCUT2D eigenvalue weighted by Crippen LogP contribution is 2.18. The van der Waals surface area contributed by atoms with Crippen LogP contribution in [0.3, 0.4) is 0 Å². The molecule has 6 nitrogen and oxygen atoms in total. The molecule has 0 bridgehead atoms. The predicted octanol–water partition coefficient (Wildman–Crippen LogP) is 1.76. The lowest BCUT2D eigenvalue weighted by atomic mass is 10.2. The van der Waals surface area contributed by atoms with E-state index < -0.39 is 5.97 Å². The number of methoxy groups -OCH3 is 1. The molecular formula is C12H14N4O2. The molecule has 0 saturated carbocycles. The number of rotatable bonds is 4. The first-order chi connectivity index (χ1) is 8.72. The fourth-order valence-corrected chi connectivity index (χ4v) is 1.58. The number of aromatic amines is 1. The number of nitrogens with one attached hydrogen (secondary N) is 2. The molecule has 0 fully saturated rings. The number of hydrogen-bond acceptors (Lipinski definition) is 5. The Morgan fingerprint density at radius 1 is 1.44 bits per heavy atom. The van der Waals surface area contributed by atoms with Gasteiger partial charge in [-0.3, -0.25) is 0 Å². The van der Waals surface area contributed by atoms with Gasteiger partial charge in [-0.05, 0) is 19.1 Å². The topological polar surface area (TPSA) is 79.9 Å². The summed E-state index contributed by atoms with van der Waals surface area (Å²) in [6.45, 7) is 1.93. The van der Waals surface area contributed by atoms with E-state index in [1.54, 1.807) is 30.7 Å². The molecule has 0 aromatic carbocycles. The average molecular weight is 246 g/mol. The summed E-state index contributed by atoms with van der Waals surface area (Å²) in [5.41, 5.74) is 0.401. The molecule has 2 rings (SSSR count). The molecule has 1 unspecified atom stereocenters. The molecule has 6 heteroatoms. The highest BCUT2D eigenvalue weighted by molar-refractivity contribution is 5.94. The van der Waals surface area contributed by atoms with E-state index in [9.17, 15) is 4.79 Å². The second kappa shape index (κ2) is 5.31. The summed E-state index contributed by atoms with van der Waals surface area (Å²) in [7, 11) is 1.34. The third kappa shape index (κ3) is 2.48. The van der Waals surface area contributed by atoms with E-state index in [1.807, 2.05) is 6.92 Å². The number of esters is 1. The summed E-state index contributed by atoms with van der Waals surface area (Å²) in [5.74, 6) is 0.835. The molecule has 0 aliphatic carbocycles. The fourth-order valence-electron chi connectivity index (χ4n) is 1.58. The van der Waals surface area contributed by atoms with Crippen molar-refractivity contribution in [1.29, 1.82) is 0 Å². The van der Waals surface area contributed by atoms with Crippen LogP contribution in [0.25, 0.3) is 0 Å². The maximum atomic E-state index is 11.6. The van der Waals surface area contributed by atoms with Crippen molar-refractivity contribution in [1.82, 2.24) is 15.0 Å². The first kappa shape index (κ1) is 12.1. The number of pyridine rings is 1. The molecule has 0 amide bonds. The molecule has 0 aliphatic heterocycles.